The highest BCUT2D eigenvalue weighted by Crippen LogP contribution is 2.35. The van der Waals surface area contributed by atoms with Gasteiger partial charge in [-0.05, 0) is 54.8 Å². The normalized spacial score (nSPS) is 21.0. The highest BCUT2D eigenvalue weighted by molar-refractivity contribution is 9.10. The lowest BCUT2D eigenvalue weighted by Crippen LogP contribution is -2.33. The Bertz CT molecular complexity index is 723. The maximum absolute atomic E-state index is 11.8. The largest absolute Gasteiger partial charge is 0.465 e. The number of esters is 1. The molecule has 0 spiro atoms. The zero-order chi connectivity index (χ0) is 15.9. The summed E-state index contributed by atoms with van der Waals surface area (Å²) in [5.74, 6) is 0.00938. The third-order valence-electron chi connectivity index (χ3n) is 4.11. The molecule has 0 saturated carbocycles. The van der Waals surface area contributed by atoms with Crippen LogP contribution in [0.1, 0.15) is 48.7 Å². The quantitative estimate of drug-likeness (QED) is 0.762. The zero-order valence-corrected chi connectivity index (χ0v) is 14.5. The molecule has 1 atom stereocenters. The Morgan fingerprint density at radius 1 is 1.55 bits per heavy atom. The fourth-order valence-electron chi connectivity index (χ4n) is 3.00. The van der Waals surface area contributed by atoms with Crippen molar-refractivity contribution in [3.05, 3.63) is 34.2 Å². The van der Waals surface area contributed by atoms with Crippen LogP contribution in [0.25, 0.3) is 5.65 Å². The van der Waals surface area contributed by atoms with Gasteiger partial charge in [0.1, 0.15) is 10.3 Å². The predicted octanol–water partition coefficient (Wildman–Crippen LogP) is 3.56. The van der Waals surface area contributed by atoms with Crippen molar-refractivity contribution in [3.8, 4) is 0 Å². The molecule has 2 aromatic heterocycles. The Hall–Kier alpha value is -1.40. The molecule has 3 heterocycles. The maximum Gasteiger partial charge on any atom is 0.340 e. The fraction of sp³-hybridized carbons (Fsp3) is 0.500. The molecule has 1 fully saturated rings. The summed E-state index contributed by atoms with van der Waals surface area (Å²) in [5.41, 5.74) is 2.16. The van der Waals surface area contributed by atoms with E-state index in [0.717, 1.165) is 30.8 Å². The molecule has 1 unspecified atom stereocenters. The van der Waals surface area contributed by atoms with Crippen LogP contribution in [0.3, 0.4) is 0 Å². The molecule has 0 bridgehead atoms. The number of carbonyl (C=O) groups is 1. The summed E-state index contributed by atoms with van der Waals surface area (Å²) in [6.07, 6.45) is 3.86. The van der Waals surface area contributed by atoms with Gasteiger partial charge in [0, 0.05) is 24.4 Å². The Morgan fingerprint density at radius 3 is 3.00 bits per heavy atom. The van der Waals surface area contributed by atoms with Gasteiger partial charge in [0.2, 0.25) is 0 Å². The molecule has 6 heteroatoms. The Morgan fingerprint density at radius 2 is 2.32 bits per heavy atom. The van der Waals surface area contributed by atoms with Crippen LogP contribution < -0.4 is 0 Å². The first kappa shape index (κ1) is 15.5. The summed E-state index contributed by atoms with van der Waals surface area (Å²) in [7, 11) is 1.38. The molecule has 0 amide bonds. The summed E-state index contributed by atoms with van der Waals surface area (Å²) in [4.78, 5) is 16.5. The van der Waals surface area contributed by atoms with Gasteiger partial charge in [-0.15, -0.1) is 0 Å². The van der Waals surface area contributed by atoms with Gasteiger partial charge in [-0.3, -0.25) is 4.40 Å². The number of methoxy groups -OCH3 is 1. The third kappa shape index (κ3) is 2.77. The molecular weight excluding hydrogens is 348 g/mol. The standard InChI is InChI=1S/C16H19BrN2O3/c1-16(2)9-10(5-7-22-16)12-4-6-19-13(18-12)8-11(14(19)17)15(20)21-3/h4,6,8,10H,5,7,9H2,1-3H3. The van der Waals surface area contributed by atoms with Crippen LogP contribution >= 0.6 is 15.9 Å². The average molecular weight is 367 g/mol. The fourth-order valence-corrected chi connectivity index (χ4v) is 3.58. The van der Waals surface area contributed by atoms with Gasteiger partial charge in [0.15, 0.2) is 0 Å². The highest BCUT2D eigenvalue weighted by Gasteiger charge is 2.30. The molecule has 1 aliphatic heterocycles. The SMILES string of the molecule is COC(=O)c1cc2nc(C3CCOC(C)(C)C3)ccn2c1Br. The molecule has 0 aromatic carbocycles. The first-order valence-electron chi connectivity index (χ1n) is 7.31. The van der Waals surface area contributed by atoms with Crippen LogP contribution in [-0.2, 0) is 9.47 Å². The van der Waals surface area contributed by atoms with Crippen LogP contribution in [0.4, 0.5) is 0 Å². The maximum atomic E-state index is 11.8. The van der Waals surface area contributed by atoms with Crippen molar-refractivity contribution >= 4 is 27.5 Å². The van der Waals surface area contributed by atoms with Crippen molar-refractivity contribution < 1.29 is 14.3 Å². The Kier molecular flexibility index (Phi) is 3.99. The number of rotatable bonds is 2. The van der Waals surface area contributed by atoms with Crippen LogP contribution in [0.2, 0.25) is 0 Å². The molecule has 1 aliphatic rings. The first-order chi connectivity index (χ1) is 10.4. The number of hydrogen-bond donors (Lipinski definition) is 0. The molecule has 5 nitrogen and oxygen atoms in total. The van der Waals surface area contributed by atoms with E-state index in [1.165, 1.54) is 7.11 Å². The molecular formula is C16H19BrN2O3. The topological polar surface area (TPSA) is 52.8 Å². The van der Waals surface area contributed by atoms with Crippen molar-refractivity contribution in [1.29, 1.82) is 0 Å². The summed E-state index contributed by atoms with van der Waals surface area (Å²) in [5, 5.41) is 0. The van der Waals surface area contributed by atoms with Gasteiger partial charge >= 0.3 is 5.97 Å². The van der Waals surface area contributed by atoms with Crippen molar-refractivity contribution in [2.75, 3.05) is 13.7 Å². The van der Waals surface area contributed by atoms with Crippen LogP contribution in [0.5, 0.6) is 0 Å². The molecule has 2 aromatic rings. The summed E-state index contributed by atoms with van der Waals surface area (Å²) in [6, 6.07) is 3.77. The average Bonchev–Trinajstić information content (AvgIpc) is 2.82. The van der Waals surface area contributed by atoms with E-state index >= 15 is 0 Å². The van der Waals surface area contributed by atoms with Crippen molar-refractivity contribution in [1.82, 2.24) is 9.38 Å². The van der Waals surface area contributed by atoms with E-state index in [-0.39, 0.29) is 11.6 Å². The molecule has 0 aliphatic carbocycles. The monoisotopic (exact) mass is 366 g/mol. The molecule has 22 heavy (non-hydrogen) atoms. The number of halogens is 1. The van der Waals surface area contributed by atoms with Crippen molar-refractivity contribution in [3.63, 3.8) is 0 Å². The van der Waals surface area contributed by atoms with E-state index in [9.17, 15) is 4.79 Å². The van der Waals surface area contributed by atoms with E-state index < -0.39 is 0 Å². The lowest BCUT2D eigenvalue weighted by Gasteiger charge is -2.35. The van der Waals surface area contributed by atoms with E-state index in [4.69, 9.17) is 14.5 Å². The lowest BCUT2D eigenvalue weighted by molar-refractivity contribution is -0.0597. The Labute approximate surface area is 137 Å². The minimum atomic E-state index is -0.369. The van der Waals surface area contributed by atoms with Crippen molar-refractivity contribution in [2.45, 2.75) is 38.2 Å². The summed E-state index contributed by atoms with van der Waals surface area (Å²) >= 11 is 3.43. The van der Waals surface area contributed by atoms with E-state index in [0.29, 0.717) is 16.1 Å². The van der Waals surface area contributed by atoms with Crippen LogP contribution in [0, 0.1) is 0 Å². The van der Waals surface area contributed by atoms with Gasteiger partial charge < -0.3 is 9.47 Å². The summed E-state index contributed by atoms with van der Waals surface area (Å²) < 4.78 is 13.1. The number of hydrogen-bond acceptors (Lipinski definition) is 4. The second kappa shape index (κ2) is 5.66. The van der Waals surface area contributed by atoms with Gasteiger partial charge in [0.25, 0.3) is 0 Å². The lowest BCUT2D eigenvalue weighted by atomic mass is 9.86. The van der Waals surface area contributed by atoms with E-state index in [2.05, 4.69) is 29.8 Å². The van der Waals surface area contributed by atoms with Gasteiger partial charge in [-0.2, -0.15) is 0 Å². The number of aromatic nitrogens is 2. The van der Waals surface area contributed by atoms with Crippen LogP contribution in [-0.4, -0.2) is 34.7 Å². The highest BCUT2D eigenvalue weighted by atomic mass is 79.9. The van der Waals surface area contributed by atoms with Crippen molar-refractivity contribution in [2.24, 2.45) is 0 Å². The smallest absolute Gasteiger partial charge is 0.340 e. The molecule has 0 radical (unpaired) electrons. The molecule has 118 valence electrons. The van der Waals surface area contributed by atoms with E-state index in [1.54, 1.807) is 6.07 Å². The number of carbonyl (C=O) groups excluding carboxylic acids is 1. The second-order valence-electron chi connectivity index (χ2n) is 6.22. The second-order valence-corrected chi connectivity index (χ2v) is 6.97. The minimum Gasteiger partial charge on any atom is -0.465 e. The summed E-state index contributed by atoms with van der Waals surface area (Å²) in [6.45, 7) is 4.98. The number of fused-ring (bicyclic) bond motifs is 1. The zero-order valence-electron chi connectivity index (χ0n) is 12.9. The van der Waals surface area contributed by atoms with Gasteiger partial charge in [-0.1, -0.05) is 0 Å². The Balaban J connectivity index is 1.98. The van der Waals surface area contributed by atoms with Gasteiger partial charge in [-0.25, -0.2) is 9.78 Å². The molecule has 3 rings (SSSR count). The predicted molar refractivity (Wildman–Crippen MR) is 86.2 cm³/mol. The molecule has 0 N–H and O–H groups in total. The van der Waals surface area contributed by atoms with Gasteiger partial charge in [0.05, 0.1) is 18.3 Å². The first-order valence-corrected chi connectivity index (χ1v) is 8.10. The molecule has 1 saturated heterocycles. The van der Waals surface area contributed by atoms with Crippen LogP contribution in [0.15, 0.2) is 22.9 Å². The number of ether oxygens (including phenoxy) is 2. The van der Waals surface area contributed by atoms with E-state index in [1.807, 2.05) is 16.7 Å². The minimum absolute atomic E-state index is 0.115. The third-order valence-corrected chi connectivity index (χ3v) is 4.92. The number of nitrogens with zero attached hydrogens (tertiary/aromatic N) is 2.